The molecule has 9 rings (SSSR count). The second-order valence-electron chi connectivity index (χ2n) is 15.8. The molecule has 0 bridgehead atoms. The summed E-state index contributed by atoms with van der Waals surface area (Å²) in [5, 5.41) is 24.0. The molecule has 7 heterocycles. The Morgan fingerprint density at radius 1 is 1.02 bits per heavy atom. The number of pyridine rings is 1. The molecule has 0 aliphatic carbocycles. The summed E-state index contributed by atoms with van der Waals surface area (Å²) in [6, 6.07) is 12.8. The van der Waals surface area contributed by atoms with Gasteiger partial charge in [-0.2, -0.15) is 0 Å². The number of aryl methyl sites for hydroxylation is 2. The number of rotatable bonds is 8. The van der Waals surface area contributed by atoms with Gasteiger partial charge in [-0.15, -0.1) is 10.2 Å². The normalized spacial score (nSPS) is 23.1. The van der Waals surface area contributed by atoms with Crippen LogP contribution in [0.5, 0.6) is 11.6 Å². The van der Waals surface area contributed by atoms with E-state index in [4.69, 9.17) is 9.72 Å². The van der Waals surface area contributed by atoms with E-state index in [1.54, 1.807) is 9.80 Å². The number of amides is 3. The van der Waals surface area contributed by atoms with Gasteiger partial charge in [0.25, 0.3) is 12.3 Å². The Kier molecular flexibility index (Phi) is 9.36. The number of para-hydroxylation sites is 1. The molecule has 0 unspecified atom stereocenters. The lowest BCUT2D eigenvalue weighted by molar-refractivity contribution is -0.136. The van der Waals surface area contributed by atoms with Gasteiger partial charge in [0.1, 0.15) is 17.7 Å². The first-order chi connectivity index (χ1) is 27.9. The maximum atomic E-state index is 15.0. The Balaban J connectivity index is 0.844. The monoisotopic (exact) mass is 797 g/mol. The average molecular weight is 798 g/mol. The number of halogens is 3. The quantitative estimate of drug-likeness (QED) is 0.219. The van der Waals surface area contributed by atoms with E-state index in [0.717, 1.165) is 60.3 Å². The standard InChI is InChI=1S/C41H42F3N9O5/c1-22-14-25(18-50-10-12-51(13-11-50)26-7-6-24-19-52(39(57)29(24)15-26)32-8-9-34(54)47-37(32)56)23(2)46-38(22)58-27-17-41(40(43)44)21-45-36-33(53(41)20-27)16-31(48-49-36)28-4-3-5-30(42)35(28)55/h3-7,14-16,27,32,40,55H,8-13,17-21H2,1-2H3,(H,45,49)(H,47,54,56)/t27-,32+,41-/m1/s1. The van der Waals surface area contributed by atoms with Crippen molar-refractivity contribution in [2.24, 2.45) is 0 Å². The van der Waals surface area contributed by atoms with Gasteiger partial charge in [0, 0.05) is 86.7 Å². The van der Waals surface area contributed by atoms with Gasteiger partial charge in [-0.25, -0.2) is 18.2 Å². The van der Waals surface area contributed by atoms with Gasteiger partial charge in [-0.1, -0.05) is 12.1 Å². The number of hydrogen-bond acceptors (Lipinski definition) is 12. The predicted molar refractivity (Wildman–Crippen MR) is 206 cm³/mol. The van der Waals surface area contributed by atoms with Crippen LogP contribution in [-0.2, 0) is 22.7 Å². The number of anilines is 3. The lowest BCUT2D eigenvalue weighted by Crippen LogP contribution is -2.57. The number of imide groups is 1. The number of ether oxygens (including phenoxy) is 1. The first kappa shape index (κ1) is 37.6. The zero-order chi connectivity index (χ0) is 40.5. The van der Waals surface area contributed by atoms with E-state index in [0.29, 0.717) is 42.5 Å². The fourth-order valence-electron chi connectivity index (χ4n) is 8.95. The number of nitrogens with zero attached hydrogens (tertiary/aromatic N) is 7. The third-order valence-corrected chi connectivity index (χ3v) is 12.2. The molecule has 302 valence electrons. The predicted octanol–water partition coefficient (Wildman–Crippen LogP) is 4.17. The lowest BCUT2D eigenvalue weighted by atomic mass is 9.93. The highest BCUT2D eigenvalue weighted by molar-refractivity contribution is 6.05. The first-order valence-corrected chi connectivity index (χ1v) is 19.4. The van der Waals surface area contributed by atoms with Crippen LogP contribution in [-0.4, -0.2) is 111 Å². The molecule has 3 atom stereocenters. The number of phenolic OH excluding ortho intramolecular Hbond substituents is 1. The van der Waals surface area contributed by atoms with E-state index in [9.17, 15) is 32.7 Å². The number of aromatic nitrogens is 3. The van der Waals surface area contributed by atoms with Crippen molar-refractivity contribution in [2.45, 2.75) is 70.3 Å². The average Bonchev–Trinajstić information content (AvgIpc) is 3.76. The summed E-state index contributed by atoms with van der Waals surface area (Å²) in [6.45, 7) is 7.91. The molecule has 3 amide bonds. The van der Waals surface area contributed by atoms with Gasteiger partial charge in [-0.05, 0) is 67.8 Å². The molecule has 3 fully saturated rings. The van der Waals surface area contributed by atoms with Crippen molar-refractivity contribution in [3.8, 4) is 22.9 Å². The zero-order valence-electron chi connectivity index (χ0n) is 32.0. The number of hydrogen-bond donors (Lipinski definition) is 3. The molecule has 0 saturated carbocycles. The number of phenols is 1. The minimum absolute atomic E-state index is 0.0165. The summed E-state index contributed by atoms with van der Waals surface area (Å²) < 4.78 is 50.6. The van der Waals surface area contributed by atoms with E-state index in [1.165, 1.54) is 18.2 Å². The highest BCUT2D eigenvalue weighted by Crippen LogP contribution is 2.47. The Morgan fingerprint density at radius 3 is 2.60 bits per heavy atom. The van der Waals surface area contributed by atoms with Crippen LogP contribution < -0.4 is 25.2 Å². The second-order valence-corrected chi connectivity index (χ2v) is 15.8. The van der Waals surface area contributed by atoms with Crippen LogP contribution in [0.3, 0.4) is 0 Å². The van der Waals surface area contributed by atoms with Crippen LogP contribution in [0.25, 0.3) is 11.3 Å². The molecule has 3 N–H and O–H groups in total. The molecule has 4 aromatic rings. The van der Waals surface area contributed by atoms with E-state index in [2.05, 4.69) is 30.6 Å². The zero-order valence-corrected chi connectivity index (χ0v) is 32.0. The van der Waals surface area contributed by atoms with Gasteiger partial charge in [-0.3, -0.25) is 24.6 Å². The van der Waals surface area contributed by atoms with Crippen LogP contribution in [0.1, 0.15) is 52.0 Å². The molecular formula is C41H42F3N9O5. The molecular weight excluding hydrogens is 756 g/mol. The van der Waals surface area contributed by atoms with Crippen molar-refractivity contribution in [2.75, 3.05) is 54.4 Å². The lowest BCUT2D eigenvalue weighted by Gasteiger charge is -2.43. The van der Waals surface area contributed by atoms with Crippen LogP contribution in [0.2, 0.25) is 0 Å². The molecule has 5 aliphatic heterocycles. The van der Waals surface area contributed by atoms with Crippen molar-refractivity contribution in [3.63, 3.8) is 0 Å². The van der Waals surface area contributed by atoms with Gasteiger partial charge >= 0.3 is 0 Å². The molecule has 2 aromatic heterocycles. The van der Waals surface area contributed by atoms with Crippen molar-refractivity contribution >= 4 is 34.9 Å². The van der Waals surface area contributed by atoms with Crippen molar-refractivity contribution in [1.82, 2.24) is 30.3 Å². The van der Waals surface area contributed by atoms with Crippen LogP contribution in [0.15, 0.2) is 48.5 Å². The number of aromatic hydroxyl groups is 1. The maximum absolute atomic E-state index is 15.0. The van der Waals surface area contributed by atoms with Crippen molar-refractivity contribution in [1.29, 1.82) is 0 Å². The SMILES string of the molecule is Cc1cc(CN2CCN(c3ccc4c(c3)C(=O)N([C@H]3CCC(=O)NC3=O)C4)CC2)c(C)nc1O[C@H]1CN2c3cc(-c4cccc(F)c4O)nnc3NC[C@@]2(C(F)F)C1. The second kappa shape index (κ2) is 14.4. The smallest absolute Gasteiger partial charge is 0.263 e. The van der Waals surface area contributed by atoms with E-state index in [-0.39, 0.29) is 49.0 Å². The van der Waals surface area contributed by atoms with E-state index < -0.39 is 41.6 Å². The molecule has 0 spiro atoms. The molecule has 3 saturated heterocycles. The summed E-state index contributed by atoms with van der Waals surface area (Å²) in [7, 11) is 0. The number of nitrogens with one attached hydrogen (secondary N) is 2. The number of piperazine rings is 1. The Hall–Kier alpha value is -5.97. The summed E-state index contributed by atoms with van der Waals surface area (Å²) in [5.74, 6) is -1.65. The fourth-order valence-corrected chi connectivity index (χ4v) is 8.95. The Labute approximate surface area is 332 Å². The fraction of sp³-hybridized carbons (Fsp3) is 0.415. The molecule has 5 aliphatic rings. The largest absolute Gasteiger partial charge is 0.504 e. The number of fused-ring (bicyclic) bond motifs is 4. The molecule has 17 heteroatoms. The third-order valence-electron chi connectivity index (χ3n) is 12.2. The van der Waals surface area contributed by atoms with E-state index >= 15 is 0 Å². The molecule has 14 nitrogen and oxygen atoms in total. The van der Waals surface area contributed by atoms with Gasteiger partial charge in [0.15, 0.2) is 17.4 Å². The van der Waals surface area contributed by atoms with Gasteiger partial charge < -0.3 is 29.9 Å². The molecule has 58 heavy (non-hydrogen) atoms. The molecule has 0 radical (unpaired) electrons. The third kappa shape index (κ3) is 6.50. The minimum Gasteiger partial charge on any atom is -0.504 e. The number of piperidine rings is 1. The number of benzene rings is 2. The first-order valence-electron chi connectivity index (χ1n) is 19.4. The van der Waals surface area contributed by atoms with Crippen LogP contribution in [0, 0.1) is 19.7 Å². The maximum Gasteiger partial charge on any atom is 0.263 e. The Bertz CT molecular complexity index is 2340. The number of carbonyl (C=O) groups excluding carboxylic acids is 3. The minimum atomic E-state index is -2.74. The summed E-state index contributed by atoms with van der Waals surface area (Å²) >= 11 is 0. The van der Waals surface area contributed by atoms with Crippen LogP contribution in [0.4, 0.5) is 30.4 Å². The number of carbonyl (C=O) groups is 3. The van der Waals surface area contributed by atoms with Crippen LogP contribution >= 0.6 is 0 Å². The van der Waals surface area contributed by atoms with E-state index in [1.807, 2.05) is 38.1 Å². The Morgan fingerprint density at radius 2 is 1.83 bits per heavy atom. The van der Waals surface area contributed by atoms with Gasteiger partial charge in [0.2, 0.25) is 17.7 Å². The summed E-state index contributed by atoms with van der Waals surface area (Å²) in [5.41, 5.74) is 4.03. The van der Waals surface area contributed by atoms with Gasteiger partial charge in [0.05, 0.1) is 17.9 Å². The number of alkyl halides is 2. The highest BCUT2D eigenvalue weighted by atomic mass is 19.3. The topological polar surface area (TPSA) is 156 Å². The molecule has 2 aromatic carbocycles. The summed E-state index contributed by atoms with van der Waals surface area (Å²) in [4.78, 5) is 50.0. The van der Waals surface area contributed by atoms with Crippen molar-refractivity contribution < 1.29 is 37.4 Å². The highest BCUT2D eigenvalue weighted by Gasteiger charge is 2.56. The van der Waals surface area contributed by atoms with Crippen molar-refractivity contribution in [3.05, 3.63) is 82.3 Å². The summed E-state index contributed by atoms with van der Waals surface area (Å²) in [6.07, 6.45) is -2.81.